The van der Waals surface area contributed by atoms with Crippen LogP contribution in [-0.2, 0) is 0 Å². The van der Waals surface area contributed by atoms with Crippen LogP contribution in [0.25, 0.3) is 0 Å². The number of amides is 1. The van der Waals surface area contributed by atoms with E-state index in [-0.39, 0.29) is 11.9 Å². The highest BCUT2D eigenvalue weighted by Gasteiger charge is 2.29. The smallest absolute Gasteiger partial charge is 0.251 e. The molecule has 0 aromatic heterocycles. The molecule has 98 valence electrons. The fraction of sp³-hybridized carbons (Fsp3) is 0.500. The van der Waals surface area contributed by atoms with Crippen molar-refractivity contribution >= 4 is 21.8 Å². The lowest BCUT2D eigenvalue weighted by Crippen LogP contribution is -2.42. The number of nitrogens with one attached hydrogen (secondary N) is 1. The first kappa shape index (κ1) is 13.6. The number of aliphatic hydroxyl groups is 1. The van der Waals surface area contributed by atoms with E-state index in [1.807, 2.05) is 19.1 Å². The van der Waals surface area contributed by atoms with Gasteiger partial charge in [0.25, 0.3) is 5.91 Å². The van der Waals surface area contributed by atoms with Crippen LogP contribution in [0.1, 0.15) is 43.0 Å². The van der Waals surface area contributed by atoms with Crippen LogP contribution in [0.2, 0.25) is 0 Å². The second kappa shape index (κ2) is 5.41. The Hall–Kier alpha value is -0.870. The Morgan fingerprint density at radius 3 is 2.44 bits per heavy atom. The van der Waals surface area contributed by atoms with Gasteiger partial charge in [-0.3, -0.25) is 4.79 Å². The van der Waals surface area contributed by atoms with E-state index in [1.54, 1.807) is 12.1 Å². The highest BCUT2D eigenvalue weighted by atomic mass is 79.9. The number of halogens is 1. The number of hydrogen-bond acceptors (Lipinski definition) is 2. The number of rotatable bonds is 2. The molecule has 0 spiro atoms. The molecule has 0 aliphatic heterocycles. The molecule has 1 aromatic rings. The molecule has 3 nitrogen and oxygen atoms in total. The highest BCUT2D eigenvalue weighted by Crippen LogP contribution is 2.27. The molecule has 1 fully saturated rings. The van der Waals surface area contributed by atoms with Gasteiger partial charge in [0.1, 0.15) is 0 Å². The molecule has 18 heavy (non-hydrogen) atoms. The summed E-state index contributed by atoms with van der Waals surface area (Å²) in [5.74, 6) is -0.0333. The van der Waals surface area contributed by atoms with Crippen LogP contribution in [0, 0.1) is 0 Å². The van der Waals surface area contributed by atoms with Crippen molar-refractivity contribution < 1.29 is 9.90 Å². The Bertz CT molecular complexity index is 418. The lowest BCUT2D eigenvalue weighted by Gasteiger charge is -2.33. The minimum atomic E-state index is -0.557. The third-order valence-corrected chi connectivity index (χ3v) is 4.03. The summed E-state index contributed by atoms with van der Waals surface area (Å²) in [5.41, 5.74) is 0.120. The molecular weight excluding hydrogens is 294 g/mol. The Kier molecular flexibility index (Phi) is 4.07. The van der Waals surface area contributed by atoms with E-state index < -0.39 is 5.60 Å². The zero-order chi connectivity index (χ0) is 13.2. The van der Waals surface area contributed by atoms with Crippen LogP contribution >= 0.6 is 15.9 Å². The lowest BCUT2D eigenvalue weighted by molar-refractivity contribution is 0.0140. The molecular formula is C14H18BrNO2. The summed E-state index contributed by atoms with van der Waals surface area (Å²) >= 11 is 3.35. The molecule has 4 heteroatoms. The fourth-order valence-electron chi connectivity index (χ4n) is 2.25. The molecule has 1 saturated carbocycles. The summed E-state index contributed by atoms with van der Waals surface area (Å²) in [4.78, 5) is 12.0. The van der Waals surface area contributed by atoms with Gasteiger partial charge in [-0.05, 0) is 56.9 Å². The molecule has 1 amide bonds. The van der Waals surface area contributed by atoms with E-state index >= 15 is 0 Å². The highest BCUT2D eigenvalue weighted by molar-refractivity contribution is 9.10. The second-order valence-electron chi connectivity index (χ2n) is 5.25. The number of carbonyl (C=O) groups excluding carboxylic acids is 1. The molecule has 0 atom stereocenters. The number of hydrogen-bond donors (Lipinski definition) is 2. The van der Waals surface area contributed by atoms with Crippen molar-refractivity contribution in [2.75, 3.05) is 0 Å². The van der Waals surface area contributed by atoms with Crippen molar-refractivity contribution in [1.29, 1.82) is 0 Å². The maximum absolute atomic E-state index is 12.0. The van der Waals surface area contributed by atoms with Crippen LogP contribution in [0.4, 0.5) is 0 Å². The van der Waals surface area contributed by atoms with E-state index in [1.165, 1.54) is 0 Å². The van der Waals surface area contributed by atoms with Gasteiger partial charge >= 0.3 is 0 Å². The fourth-order valence-corrected chi connectivity index (χ4v) is 2.52. The van der Waals surface area contributed by atoms with Gasteiger partial charge in [0, 0.05) is 16.1 Å². The third kappa shape index (κ3) is 3.56. The first-order chi connectivity index (χ1) is 8.46. The van der Waals surface area contributed by atoms with Crippen molar-refractivity contribution in [2.24, 2.45) is 0 Å². The summed E-state index contributed by atoms with van der Waals surface area (Å²) in [5, 5.41) is 12.9. The zero-order valence-electron chi connectivity index (χ0n) is 10.4. The minimum Gasteiger partial charge on any atom is -0.390 e. The minimum absolute atomic E-state index is 0.0333. The summed E-state index contributed by atoms with van der Waals surface area (Å²) in [6.45, 7) is 1.86. The van der Waals surface area contributed by atoms with Gasteiger partial charge in [0.05, 0.1) is 5.60 Å². The average Bonchev–Trinajstić information content (AvgIpc) is 2.33. The summed E-state index contributed by atoms with van der Waals surface area (Å²) < 4.78 is 0.966. The molecule has 0 bridgehead atoms. The van der Waals surface area contributed by atoms with Crippen molar-refractivity contribution in [3.05, 3.63) is 34.3 Å². The van der Waals surface area contributed by atoms with Crippen molar-refractivity contribution in [3.63, 3.8) is 0 Å². The summed E-state index contributed by atoms with van der Waals surface area (Å²) in [7, 11) is 0. The van der Waals surface area contributed by atoms with Gasteiger partial charge in [-0.15, -0.1) is 0 Å². The first-order valence-corrected chi connectivity index (χ1v) is 7.04. The molecule has 0 unspecified atom stereocenters. The van der Waals surface area contributed by atoms with Crippen LogP contribution < -0.4 is 5.32 Å². The normalized spacial score (nSPS) is 27.8. The van der Waals surface area contributed by atoms with Crippen molar-refractivity contribution in [3.8, 4) is 0 Å². The summed E-state index contributed by atoms with van der Waals surface area (Å²) in [6, 6.07) is 7.51. The van der Waals surface area contributed by atoms with Gasteiger partial charge < -0.3 is 10.4 Å². The van der Waals surface area contributed by atoms with Gasteiger partial charge in [-0.2, -0.15) is 0 Å². The Morgan fingerprint density at radius 1 is 1.33 bits per heavy atom. The van der Waals surface area contributed by atoms with Crippen molar-refractivity contribution in [2.45, 2.75) is 44.2 Å². The predicted molar refractivity (Wildman–Crippen MR) is 74.5 cm³/mol. The zero-order valence-corrected chi connectivity index (χ0v) is 12.0. The van der Waals surface area contributed by atoms with E-state index in [0.29, 0.717) is 5.56 Å². The maximum Gasteiger partial charge on any atom is 0.251 e. The van der Waals surface area contributed by atoms with Crippen molar-refractivity contribution in [1.82, 2.24) is 5.32 Å². The lowest BCUT2D eigenvalue weighted by atomic mass is 9.83. The van der Waals surface area contributed by atoms with E-state index in [4.69, 9.17) is 0 Å². The predicted octanol–water partition coefficient (Wildman–Crippen LogP) is 2.87. The molecule has 0 saturated heterocycles. The monoisotopic (exact) mass is 311 g/mol. The van der Waals surface area contributed by atoms with Crippen LogP contribution in [-0.4, -0.2) is 22.7 Å². The topological polar surface area (TPSA) is 49.3 Å². The standard InChI is InChI=1S/C14H18BrNO2/c1-14(18)8-6-12(7-9-14)16-13(17)10-2-4-11(15)5-3-10/h2-5,12,18H,6-9H2,1H3,(H,16,17)/t12-,14-. The number of carbonyl (C=O) groups is 1. The third-order valence-electron chi connectivity index (χ3n) is 3.50. The van der Waals surface area contributed by atoms with Crippen LogP contribution in [0.3, 0.4) is 0 Å². The van der Waals surface area contributed by atoms with Crippen LogP contribution in [0.15, 0.2) is 28.7 Å². The van der Waals surface area contributed by atoms with E-state index in [2.05, 4.69) is 21.2 Å². The maximum atomic E-state index is 12.0. The van der Waals surface area contributed by atoms with Gasteiger partial charge in [-0.25, -0.2) is 0 Å². The molecule has 2 rings (SSSR count). The Morgan fingerprint density at radius 2 is 1.89 bits per heavy atom. The van der Waals surface area contributed by atoms with Gasteiger partial charge in [0.15, 0.2) is 0 Å². The quantitative estimate of drug-likeness (QED) is 0.882. The molecule has 1 aromatic carbocycles. The SMILES string of the molecule is C[C@]1(O)CC[C@H](NC(=O)c2ccc(Br)cc2)CC1. The first-order valence-electron chi connectivity index (χ1n) is 6.25. The molecule has 0 heterocycles. The molecule has 2 N–H and O–H groups in total. The van der Waals surface area contributed by atoms with E-state index in [9.17, 15) is 9.90 Å². The second-order valence-corrected chi connectivity index (χ2v) is 6.17. The van der Waals surface area contributed by atoms with Gasteiger partial charge in [0.2, 0.25) is 0 Å². The molecule has 1 aliphatic carbocycles. The molecule has 1 aliphatic rings. The Balaban J connectivity index is 1.90. The van der Waals surface area contributed by atoms with E-state index in [0.717, 1.165) is 30.2 Å². The largest absolute Gasteiger partial charge is 0.390 e. The number of benzene rings is 1. The van der Waals surface area contributed by atoms with Gasteiger partial charge in [-0.1, -0.05) is 15.9 Å². The van der Waals surface area contributed by atoms with Crippen LogP contribution in [0.5, 0.6) is 0 Å². The average molecular weight is 312 g/mol. The molecule has 0 radical (unpaired) electrons. The summed E-state index contributed by atoms with van der Waals surface area (Å²) in [6.07, 6.45) is 3.18. The Labute approximate surface area is 116 Å².